The van der Waals surface area contributed by atoms with Gasteiger partial charge in [-0.05, 0) is 18.6 Å². The molecule has 0 heterocycles. The maximum absolute atomic E-state index is 7.45. The fourth-order valence-corrected chi connectivity index (χ4v) is 1.69. The maximum atomic E-state index is 7.45. The topological polar surface area (TPSA) is 59.1 Å². The number of halogens is 1. The van der Waals surface area contributed by atoms with Crippen molar-refractivity contribution in [1.82, 2.24) is 0 Å². The number of amidine groups is 1. The van der Waals surface area contributed by atoms with E-state index in [1.807, 2.05) is 0 Å². The highest BCUT2D eigenvalue weighted by Gasteiger charge is 2.10. The number of rotatable bonds is 6. The zero-order valence-electron chi connectivity index (χ0n) is 9.42. The minimum atomic E-state index is -0.0592. The lowest BCUT2D eigenvalue weighted by Gasteiger charge is -2.11. The van der Waals surface area contributed by atoms with Crippen molar-refractivity contribution in [3.63, 3.8) is 0 Å². The Hall–Kier alpha value is -1.22. The van der Waals surface area contributed by atoms with Crippen LogP contribution in [0.2, 0.25) is 5.02 Å². The second-order valence-corrected chi connectivity index (χ2v) is 3.99. The lowest BCUT2D eigenvalue weighted by Crippen LogP contribution is -2.14. The molecular formula is C12H17ClN2O. The van der Waals surface area contributed by atoms with Crippen molar-refractivity contribution in [3.05, 3.63) is 28.8 Å². The van der Waals surface area contributed by atoms with E-state index in [9.17, 15) is 0 Å². The molecule has 1 rings (SSSR count). The lowest BCUT2D eigenvalue weighted by molar-refractivity contribution is 0.305. The van der Waals surface area contributed by atoms with Gasteiger partial charge >= 0.3 is 0 Å². The predicted molar refractivity (Wildman–Crippen MR) is 67.5 cm³/mol. The van der Waals surface area contributed by atoms with E-state index in [1.165, 1.54) is 0 Å². The van der Waals surface area contributed by atoms with Crippen molar-refractivity contribution in [3.8, 4) is 5.75 Å². The van der Waals surface area contributed by atoms with E-state index in [0.717, 1.165) is 19.3 Å². The highest BCUT2D eigenvalue weighted by molar-refractivity contribution is 6.34. The molecule has 0 saturated carbocycles. The first-order valence-electron chi connectivity index (χ1n) is 5.42. The Balaban J connectivity index is 2.71. The molecular weight excluding hydrogens is 224 g/mol. The Morgan fingerprint density at radius 2 is 2.19 bits per heavy atom. The molecule has 0 amide bonds. The van der Waals surface area contributed by atoms with Gasteiger partial charge in [-0.1, -0.05) is 37.4 Å². The van der Waals surface area contributed by atoms with E-state index < -0.39 is 0 Å². The van der Waals surface area contributed by atoms with Crippen LogP contribution in [-0.2, 0) is 0 Å². The average Bonchev–Trinajstić information content (AvgIpc) is 2.24. The third-order valence-electron chi connectivity index (χ3n) is 2.25. The summed E-state index contributed by atoms with van der Waals surface area (Å²) in [4.78, 5) is 0. The van der Waals surface area contributed by atoms with Gasteiger partial charge in [-0.15, -0.1) is 0 Å². The molecule has 88 valence electrons. The van der Waals surface area contributed by atoms with Crippen LogP contribution in [0.1, 0.15) is 31.7 Å². The maximum Gasteiger partial charge on any atom is 0.131 e. The molecule has 0 unspecified atom stereocenters. The Morgan fingerprint density at radius 1 is 1.44 bits per heavy atom. The van der Waals surface area contributed by atoms with Gasteiger partial charge in [0.05, 0.1) is 17.2 Å². The van der Waals surface area contributed by atoms with Crippen LogP contribution in [0.4, 0.5) is 0 Å². The van der Waals surface area contributed by atoms with Crippen LogP contribution < -0.4 is 10.5 Å². The first-order valence-corrected chi connectivity index (χ1v) is 5.80. The predicted octanol–water partition coefficient (Wildman–Crippen LogP) is 3.19. The van der Waals surface area contributed by atoms with Crippen LogP contribution >= 0.6 is 11.6 Å². The van der Waals surface area contributed by atoms with E-state index in [0.29, 0.717) is 22.9 Å². The molecule has 0 atom stereocenters. The Labute approximate surface area is 101 Å². The second kappa shape index (κ2) is 6.38. The number of hydrogen-bond donors (Lipinski definition) is 2. The van der Waals surface area contributed by atoms with E-state index in [1.54, 1.807) is 18.2 Å². The van der Waals surface area contributed by atoms with Crippen molar-refractivity contribution < 1.29 is 4.74 Å². The van der Waals surface area contributed by atoms with Crippen molar-refractivity contribution in [1.29, 1.82) is 5.41 Å². The fourth-order valence-electron chi connectivity index (χ4n) is 1.42. The molecule has 16 heavy (non-hydrogen) atoms. The molecule has 0 spiro atoms. The third-order valence-corrected chi connectivity index (χ3v) is 2.57. The quantitative estimate of drug-likeness (QED) is 0.456. The van der Waals surface area contributed by atoms with Gasteiger partial charge < -0.3 is 10.5 Å². The van der Waals surface area contributed by atoms with Gasteiger partial charge in [0.1, 0.15) is 11.6 Å². The van der Waals surface area contributed by atoms with Gasteiger partial charge in [-0.3, -0.25) is 5.41 Å². The van der Waals surface area contributed by atoms with Crippen molar-refractivity contribution in [2.75, 3.05) is 6.61 Å². The van der Waals surface area contributed by atoms with Crippen molar-refractivity contribution in [2.24, 2.45) is 5.73 Å². The number of hydrogen-bond acceptors (Lipinski definition) is 2. The van der Waals surface area contributed by atoms with Gasteiger partial charge in [0.25, 0.3) is 0 Å². The van der Waals surface area contributed by atoms with Crippen molar-refractivity contribution >= 4 is 17.4 Å². The molecule has 0 bridgehead atoms. The molecule has 0 aromatic heterocycles. The third kappa shape index (κ3) is 3.42. The number of unbranched alkanes of at least 4 members (excludes halogenated alkanes) is 2. The summed E-state index contributed by atoms with van der Waals surface area (Å²) >= 11 is 5.96. The minimum absolute atomic E-state index is 0.0592. The summed E-state index contributed by atoms with van der Waals surface area (Å²) in [5.41, 5.74) is 5.95. The van der Waals surface area contributed by atoms with Crippen LogP contribution in [0.25, 0.3) is 0 Å². The largest absolute Gasteiger partial charge is 0.493 e. The van der Waals surface area contributed by atoms with Gasteiger partial charge in [-0.2, -0.15) is 0 Å². The summed E-state index contributed by atoms with van der Waals surface area (Å²) in [6.07, 6.45) is 3.29. The molecule has 3 nitrogen and oxygen atoms in total. The highest BCUT2D eigenvalue weighted by Crippen LogP contribution is 2.25. The van der Waals surface area contributed by atoms with E-state index in [4.69, 9.17) is 27.5 Å². The summed E-state index contributed by atoms with van der Waals surface area (Å²) in [5.74, 6) is 0.534. The molecule has 0 saturated heterocycles. The molecule has 3 N–H and O–H groups in total. The molecule has 0 aliphatic heterocycles. The lowest BCUT2D eigenvalue weighted by atomic mass is 10.2. The Kier molecular flexibility index (Phi) is 5.12. The summed E-state index contributed by atoms with van der Waals surface area (Å²) in [6.45, 7) is 2.77. The van der Waals surface area contributed by atoms with Gasteiger partial charge in [0, 0.05) is 0 Å². The first-order chi connectivity index (χ1) is 7.66. The van der Waals surface area contributed by atoms with Crippen LogP contribution in [0.5, 0.6) is 5.75 Å². The summed E-state index contributed by atoms with van der Waals surface area (Å²) < 4.78 is 5.58. The van der Waals surface area contributed by atoms with Crippen molar-refractivity contribution in [2.45, 2.75) is 26.2 Å². The average molecular weight is 241 g/mol. The van der Waals surface area contributed by atoms with E-state index >= 15 is 0 Å². The Bertz CT molecular complexity index is 366. The number of nitrogens with two attached hydrogens (primary N) is 1. The SMILES string of the molecule is CCCCCOc1cccc(Cl)c1C(=N)N. The van der Waals surface area contributed by atoms with Crippen LogP contribution in [-0.4, -0.2) is 12.4 Å². The molecule has 0 fully saturated rings. The summed E-state index contributed by atoms with van der Waals surface area (Å²) in [7, 11) is 0. The highest BCUT2D eigenvalue weighted by atomic mass is 35.5. The van der Waals surface area contributed by atoms with Crippen LogP contribution in [0.15, 0.2) is 18.2 Å². The van der Waals surface area contributed by atoms with Gasteiger partial charge in [0.15, 0.2) is 0 Å². The molecule has 0 aliphatic rings. The summed E-state index contributed by atoms with van der Waals surface area (Å²) in [6, 6.07) is 5.29. The normalized spacial score (nSPS) is 10.1. The zero-order valence-corrected chi connectivity index (χ0v) is 10.2. The fraction of sp³-hybridized carbons (Fsp3) is 0.417. The zero-order chi connectivity index (χ0) is 12.0. The minimum Gasteiger partial charge on any atom is -0.493 e. The second-order valence-electron chi connectivity index (χ2n) is 3.58. The number of benzene rings is 1. The van der Waals surface area contributed by atoms with Gasteiger partial charge in [-0.25, -0.2) is 0 Å². The summed E-state index contributed by atoms with van der Waals surface area (Å²) in [5, 5.41) is 7.91. The van der Waals surface area contributed by atoms with E-state index in [2.05, 4.69) is 6.92 Å². The van der Waals surface area contributed by atoms with E-state index in [-0.39, 0.29) is 5.84 Å². The van der Waals surface area contributed by atoms with Crippen LogP contribution in [0.3, 0.4) is 0 Å². The van der Waals surface area contributed by atoms with Gasteiger partial charge in [0.2, 0.25) is 0 Å². The number of nitrogens with one attached hydrogen (secondary N) is 1. The standard InChI is InChI=1S/C12H17ClN2O/c1-2-3-4-8-16-10-7-5-6-9(13)11(10)12(14)15/h5-7H,2-4,8H2,1H3,(H3,14,15). The molecule has 1 aromatic carbocycles. The molecule has 1 aromatic rings. The van der Waals surface area contributed by atoms with Crippen LogP contribution in [0, 0.1) is 5.41 Å². The smallest absolute Gasteiger partial charge is 0.131 e. The molecule has 4 heteroatoms. The molecule has 0 aliphatic carbocycles. The Morgan fingerprint density at radius 3 is 2.81 bits per heavy atom. The number of nitrogen functional groups attached to an aromatic ring is 1. The molecule has 0 radical (unpaired) electrons. The number of ether oxygens (including phenoxy) is 1. The monoisotopic (exact) mass is 240 g/mol. The first kappa shape index (κ1) is 12.8.